The van der Waals surface area contributed by atoms with E-state index in [1.54, 1.807) is 18.4 Å². The maximum atomic E-state index is 5.72. The zero-order valence-electron chi connectivity index (χ0n) is 12.5. The average Bonchev–Trinajstić information content (AvgIpc) is 3.04. The molecule has 0 bridgehead atoms. The zero-order chi connectivity index (χ0) is 14.9. The molecular formula is C16H22N2O2S. The smallest absolute Gasteiger partial charge is 0.119 e. The number of nitrogens with one attached hydrogen (secondary N) is 1. The third-order valence-electron chi connectivity index (χ3n) is 3.02. The van der Waals surface area contributed by atoms with E-state index in [9.17, 15) is 0 Å². The average molecular weight is 306 g/mol. The lowest BCUT2D eigenvalue weighted by molar-refractivity contribution is 0.197. The maximum absolute atomic E-state index is 5.72. The molecule has 0 radical (unpaired) electrons. The first kappa shape index (κ1) is 15.9. The van der Waals surface area contributed by atoms with Crippen LogP contribution in [0.1, 0.15) is 30.0 Å². The first-order valence-electron chi connectivity index (χ1n) is 7.19. The summed E-state index contributed by atoms with van der Waals surface area (Å²) in [5, 5.41) is 6.54. The Balaban J connectivity index is 2.15. The standard InChI is InChI=1S/C16H22N2O2S/c1-3-9-20-14-6-4-5-13(12-14)15(17-7-10-19-2)16-18-8-11-21-16/h4-6,8,11-12,15,17H,3,7,9-10H2,1-2H3. The number of methoxy groups -OCH3 is 1. The van der Waals surface area contributed by atoms with Crippen LogP contribution in [-0.2, 0) is 4.74 Å². The summed E-state index contributed by atoms with van der Waals surface area (Å²) in [6.07, 6.45) is 2.84. The van der Waals surface area contributed by atoms with Crippen molar-refractivity contribution in [2.45, 2.75) is 19.4 Å². The molecule has 2 aromatic rings. The molecule has 0 spiro atoms. The maximum Gasteiger partial charge on any atom is 0.119 e. The molecule has 0 saturated heterocycles. The van der Waals surface area contributed by atoms with Gasteiger partial charge >= 0.3 is 0 Å². The van der Waals surface area contributed by atoms with Crippen molar-refractivity contribution in [2.24, 2.45) is 0 Å². The van der Waals surface area contributed by atoms with Crippen molar-refractivity contribution < 1.29 is 9.47 Å². The Morgan fingerprint density at radius 1 is 1.33 bits per heavy atom. The van der Waals surface area contributed by atoms with E-state index in [0.29, 0.717) is 6.61 Å². The summed E-state index contributed by atoms with van der Waals surface area (Å²) in [7, 11) is 1.71. The van der Waals surface area contributed by atoms with E-state index in [2.05, 4.69) is 29.4 Å². The van der Waals surface area contributed by atoms with E-state index in [1.165, 1.54) is 0 Å². The number of rotatable bonds is 9. The number of thiazole rings is 1. The molecule has 2 rings (SSSR count). The van der Waals surface area contributed by atoms with Crippen molar-refractivity contribution in [3.05, 3.63) is 46.4 Å². The number of hydrogen-bond donors (Lipinski definition) is 1. The van der Waals surface area contributed by atoms with Gasteiger partial charge in [-0.25, -0.2) is 4.98 Å². The summed E-state index contributed by atoms with van der Waals surface area (Å²) in [5.41, 5.74) is 1.16. The quantitative estimate of drug-likeness (QED) is 0.722. The van der Waals surface area contributed by atoms with E-state index < -0.39 is 0 Å². The molecule has 21 heavy (non-hydrogen) atoms. The highest BCUT2D eigenvalue weighted by Gasteiger charge is 2.16. The summed E-state index contributed by atoms with van der Waals surface area (Å²) < 4.78 is 10.8. The van der Waals surface area contributed by atoms with Gasteiger partial charge in [-0.15, -0.1) is 11.3 Å². The minimum atomic E-state index is 0.0744. The van der Waals surface area contributed by atoms with Gasteiger partial charge in [-0.2, -0.15) is 0 Å². The highest BCUT2D eigenvalue weighted by molar-refractivity contribution is 7.09. The van der Waals surface area contributed by atoms with E-state index >= 15 is 0 Å². The van der Waals surface area contributed by atoms with Crippen molar-refractivity contribution in [1.82, 2.24) is 10.3 Å². The molecule has 0 aliphatic heterocycles. The summed E-state index contributed by atoms with van der Waals surface area (Å²) >= 11 is 1.65. The lowest BCUT2D eigenvalue weighted by Crippen LogP contribution is -2.25. The van der Waals surface area contributed by atoms with Crippen LogP contribution in [0.4, 0.5) is 0 Å². The molecular weight excluding hydrogens is 284 g/mol. The molecule has 114 valence electrons. The molecule has 0 aliphatic carbocycles. The fourth-order valence-electron chi connectivity index (χ4n) is 2.03. The lowest BCUT2D eigenvalue weighted by atomic mass is 10.1. The van der Waals surface area contributed by atoms with Crippen molar-refractivity contribution in [1.29, 1.82) is 0 Å². The fourth-order valence-corrected chi connectivity index (χ4v) is 2.77. The Labute approximate surface area is 130 Å². The van der Waals surface area contributed by atoms with Crippen LogP contribution in [0.15, 0.2) is 35.8 Å². The van der Waals surface area contributed by atoms with E-state index in [0.717, 1.165) is 35.9 Å². The lowest BCUT2D eigenvalue weighted by Gasteiger charge is -2.18. The first-order valence-corrected chi connectivity index (χ1v) is 8.07. The van der Waals surface area contributed by atoms with Crippen LogP contribution < -0.4 is 10.1 Å². The van der Waals surface area contributed by atoms with E-state index in [-0.39, 0.29) is 6.04 Å². The molecule has 1 unspecified atom stereocenters. The van der Waals surface area contributed by atoms with E-state index in [1.807, 2.05) is 23.7 Å². The molecule has 0 amide bonds. The molecule has 1 atom stereocenters. The highest BCUT2D eigenvalue weighted by Crippen LogP contribution is 2.26. The fraction of sp³-hybridized carbons (Fsp3) is 0.438. The summed E-state index contributed by atoms with van der Waals surface area (Å²) in [6.45, 7) is 4.30. The van der Waals surface area contributed by atoms with Gasteiger partial charge in [-0.3, -0.25) is 0 Å². The van der Waals surface area contributed by atoms with Gasteiger partial charge < -0.3 is 14.8 Å². The van der Waals surface area contributed by atoms with Crippen molar-refractivity contribution in [2.75, 3.05) is 26.9 Å². The third-order valence-corrected chi connectivity index (χ3v) is 3.86. The van der Waals surface area contributed by atoms with Gasteiger partial charge in [0.1, 0.15) is 10.8 Å². The predicted molar refractivity (Wildman–Crippen MR) is 86.1 cm³/mol. The van der Waals surface area contributed by atoms with Gasteiger partial charge in [0.05, 0.1) is 19.3 Å². The van der Waals surface area contributed by atoms with Gasteiger partial charge in [-0.1, -0.05) is 19.1 Å². The van der Waals surface area contributed by atoms with Crippen LogP contribution in [0.5, 0.6) is 5.75 Å². The van der Waals surface area contributed by atoms with Crippen molar-refractivity contribution in [3.63, 3.8) is 0 Å². The highest BCUT2D eigenvalue weighted by atomic mass is 32.1. The van der Waals surface area contributed by atoms with Crippen LogP contribution in [0.2, 0.25) is 0 Å². The van der Waals surface area contributed by atoms with Crippen molar-refractivity contribution >= 4 is 11.3 Å². The Kier molecular flexibility index (Phi) is 6.66. The van der Waals surface area contributed by atoms with Crippen LogP contribution in [0, 0.1) is 0 Å². The molecule has 1 aromatic heterocycles. The Hall–Kier alpha value is -1.43. The minimum absolute atomic E-state index is 0.0744. The van der Waals surface area contributed by atoms with Gasteiger partial charge in [0.15, 0.2) is 0 Å². The van der Waals surface area contributed by atoms with Gasteiger partial charge in [0.2, 0.25) is 0 Å². The second kappa shape index (κ2) is 8.77. The Morgan fingerprint density at radius 2 is 2.24 bits per heavy atom. The molecule has 4 nitrogen and oxygen atoms in total. The number of nitrogens with zero attached hydrogens (tertiary/aromatic N) is 1. The van der Waals surface area contributed by atoms with Crippen LogP contribution in [0.3, 0.4) is 0 Å². The molecule has 0 fully saturated rings. The minimum Gasteiger partial charge on any atom is -0.494 e. The summed E-state index contributed by atoms with van der Waals surface area (Å²) in [4.78, 5) is 4.44. The monoisotopic (exact) mass is 306 g/mol. The molecule has 1 N–H and O–H groups in total. The molecule has 0 saturated carbocycles. The topological polar surface area (TPSA) is 43.4 Å². The Morgan fingerprint density at radius 3 is 2.95 bits per heavy atom. The molecule has 5 heteroatoms. The van der Waals surface area contributed by atoms with Gasteiger partial charge in [-0.05, 0) is 24.1 Å². The van der Waals surface area contributed by atoms with Crippen LogP contribution in [0.25, 0.3) is 0 Å². The zero-order valence-corrected chi connectivity index (χ0v) is 13.4. The molecule has 1 heterocycles. The number of hydrogen-bond acceptors (Lipinski definition) is 5. The predicted octanol–water partition coefficient (Wildman–Crippen LogP) is 3.26. The van der Waals surface area contributed by atoms with Crippen molar-refractivity contribution in [3.8, 4) is 5.75 Å². The Bertz CT molecular complexity index is 517. The number of ether oxygens (including phenoxy) is 2. The number of aromatic nitrogens is 1. The van der Waals surface area contributed by atoms with Crippen LogP contribution in [-0.4, -0.2) is 31.9 Å². The van der Waals surface area contributed by atoms with Gasteiger partial charge in [0, 0.05) is 25.2 Å². The third kappa shape index (κ3) is 4.81. The van der Waals surface area contributed by atoms with Gasteiger partial charge in [0.25, 0.3) is 0 Å². The first-order chi connectivity index (χ1) is 10.3. The van der Waals surface area contributed by atoms with E-state index in [4.69, 9.17) is 9.47 Å². The molecule has 1 aromatic carbocycles. The summed E-state index contributed by atoms with van der Waals surface area (Å²) in [6, 6.07) is 8.28. The van der Waals surface area contributed by atoms with Crippen LogP contribution >= 0.6 is 11.3 Å². The number of benzene rings is 1. The normalized spacial score (nSPS) is 12.3. The second-order valence-corrected chi connectivity index (χ2v) is 5.60. The summed E-state index contributed by atoms with van der Waals surface area (Å²) in [5.74, 6) is 0.907. The second-order valence-electron chi connectivity index (χ2n) is 4.67. The SMILES string of the molecule is CCCOc1cccc(C(NCCOC)c2nccs2)c1. The molecule has 0 aliphatic rings. The largest absolute Gasteiger partial charge is 0.494 e.